The fourth-order valence-electron chi connectivity index (χ4n) is 3.30. The monoisotopic (exact) mass is 498 g/mol. The van der Waals surface area contributed by atoms with Crippen LogP contribution in [0.25, 0.3) is 6.08 Å². The lowest BCUT2D eigenvalue weighted by Crippen LogP contribution is -2.29. The molecule has 1 saturated heterocycles. The SMILES string of the molecule is CCOC(=O)c1ccc(NC(=O)CCCCCN2C(=O)/C(=C/c3ccccc3O)SC2=S)cc1. The van der Waals surface area contributed by atoms with E-state index in [1.54, 1.807) is 66.4 Å². The van der Waals surface area contributed by atoms with Gasteiger partial charge in [0.15, 0.2) is 0 Å². The van der Waals surface area contributed by atoms with Gasteiger partial charge in [0.05, 0.1) is 17.1 Å². The molecular weight excluding hydrogens is 472 g/mol. The summed E-state index contributed by atoms with van der Waals surface area (Å²) in [4.78, 5) is 38.6. The molecule has 2 amide bonds. The normalized spacial score (nSPS) is 14.5. The van der Waals surface area contributed by atoms with E-state index in [1.165, 1.54) is 11.8 Å². The number of rotatable bonds is 10. The molecule has 1 fully saturated rings. The second-order valence-corrected chi connectivity index (χ2v) is 9.22. The summed E-state index contributed by atoms with van der Waals surface area (Å²) in [7, 11) is 0. The predicted molar refractivity (Wildman–Crippen MR) is 137 cm³/mol. The Morgan fingerprint density at radius 3 is 2.56 bits per heavy atom. The summed E-state index contributed by atoms with van der Waals surface area (Å²) in [5.74, 6) is -0.557. The number of phenols is 1. The fourth-order valence-corrected chi connectivity index (χ4v) is 4.60. The van der Waals surface area contributed by atoms with Crippen LogP contribution in [0.5, 0.6) is 5.75 Å². The highest BCUT2D eigenvalue weighted by molar-refractivity contribution is 8.26. The minimum absolute atomic E-state index is 0.111. The number of carbonyl (C=O) groups is 3. The molecule has 2 N–H and O–H groups in total. The Morgan fingerprint density at radius 1 is 1.12 bits per heavy atom. The van der Waals surface area contributed by atoms with E-state index in [9.17, 15) is 19.5 Å². The second-order valence-electron chi connectivity index (χ2n) is 7.55. The summed E-state index contributed by atoms with van der Waals surface area (Å²) in [6, 6.07) is 13.4. The van der Waals surface area contributed by atoms with E-state index in [0.717, 1.165) is 12.8 Å². The Balaban J connectivity index is 1.39. The molecule has 1 heterocycles. The van der Waals surface area contributed by atoms with Crippen LogP contribution < -0.4 is 5.32 Å². The third-order valence-electron chi connectivity index (χ3n) is 5.06. The van der Waals surface area contributed by atoms with E-state index in [0.29, 0.717) is 52.0 Å². The van der Waals surface area contributed by atoms with Crippen LogP contribution in [0.3, 0.4) is 0 Å². The van der Waals surface area contributed by atoms with Crippen LogP contribution in [-0.2, 0) is 14.3 Å². The van der Waals surface area contributed by atoms with Crippen molar-refractivity contribution in [1.29, 1.82) is 0 Å². The van der Waals surface area contributed by atoms with Crippen LogP contribution >= 0.6 is 24.0 Å². The van der Waals surface area contributed by atoms with Crippen molar-refractivity contribution in [2.75, 3.05) is 18.5 Å². The van der Waals surface area contributed by atoms with Crippen molar-refractivity contribution in [1.82, 2.24) is 4.90 Å². The molecule has 0 aliphatic carbocycles. The molecule has 0 radical (unpaired) electrons. The third kappa shape index (κ3) is 6.91. The van der Waals surface area contributed by atoms with E-state index in [1.807, 2.05) is 0 Å². The fraction of sp³-hybridized carbons (Fsp3) is 0.280. The topological polar surface area (TPSA) is 95.9 Å². The van der Waals surface area contributed by atoms with Gasteiger partial charge in [-0.15, -0.1) is 0 Å². The number of hydrogen-bond acceptors (Lipinski definition) is 7. The first-order chi connectivity index (χ1) is 16.4. The molecule has 0 bridgehead atoms. The molecule has 0 spiro atoms. The number of nitrogens with zero attached hydrogens (tertiary/aromatic N) is 1. The standard InChI is InChI=1S/C25H26N2O5S2/c1-2-32-24(31)17-11-13-19(14-12-17)26-22(29)10-4-3-7-15-27-23(30)21(34-25(27)33)16-18-8-5-6-9-20(18)28/h5-6,8-9,11-14,16,28H,2-4,7,10,15H2,1H3,(H,26,29)/b21-16-. The van der Waals surface area contributed by atoms with Gasteiger partial charge in [0, 0.05) is 24.2 Å². The molecule has 0 saturated carbocycles. The second kappa shape index (κ2) is 12.3. The molecule has 178 valence electrons. The molecule has 1 aliphatic rings. The van der Waals surface area contributed by atoms with Gasteiger partial charge in [-0.1, -0.05) is 48.6 Å². The number of unbranched alkanes of at least 4 members (excludes halogenated alkanes) is 2. The maximum absolute atomic E-state index is 12.7. The molecule has 3 rings (SSSR count). The van der Waals surface area contributed by atoms with E-state index < -0.39 is 5.97 Å². The Hall–Kier alpha value is -3.17. The summed E-state index contributed by atoms with van der Waals surface area (Å²) in [6.45, 7) is 2.54. The van der Waals surface area contributed by atoms with E-state index in [4.69, 9.17) is 17.0 Å². The minimum atomic E-state index is -0.393. The number of benzene rings is 2. The third-order valence-corrected chi connectivity index (χ3v) is 6.44. The largest absolute Gasteiger partial charge is 0.507 e. The molecule has 2 aromatic rings. The smallest absolute Gasteiger partial charge is 0.338 e. The van der Waals surface area contributed by atoms with Crippen LogP contribution in [0.1, 0.15) is 48.5 Å². The number of para-hydroxylation sites is 1. The lowest BCUT2D eigenvalue weighted by Gasteiger charge is -2.14. The number of thioether (sulfide) groups is 1. The van der Waals surface area contributed by atoms with Gasteiger partial charge in [0.25, 0.3) is 5.91 Å². The first-order valence-corrected chi connectivity index (χ1v) is 12.2. The van der Waals surface area contributed by atoms with Crippen molar-refractivity contribution in [3.8, 4) is 5.75 Å². The Labute approximate surface area is 208 Å². The number of carbonyl (C=O) groups excluding carboxylic acids is 3. The highest BCUT2D eigenvalue weighted by atomic mass is 32.2. The number of nitrogens with one attached hydrogen (secondary N) is 1. The van der Waals surface area contributed by atoms with Crippen molar-refractivity contribution in [3.63, 3.8) is 0 Å². The summed E-state index contributed by atoms with van der Waals surface area (Å²) >= 11 is 6.57. The first kappa shape index (κ1) is 25.5. The number of aromatic hydroxyl groups is 1. The molecular formula is C25H26N2O5S2. The molecule has 0 atom stereocenters. The number of anilines is 1. The van der Waals surface area contributed by atoms with Crippen LogP contribution in [0, 0.1) is 0 Å². The first-order valence-electron chi connectivity index (χ1n) is 11.0. The van der Waals surface area contributed by atoms with Crippen LogP contribution in [0.15, 0.2) is 53.4 Å². The van der Waals surface area contributed by atoms with Gasteiger partial charge in [-0.05, 0) is 56.2 Å². The zero-order valence-corrected chi connectivity index (χ0v) is 20.4. The van der Waals surface area contributed by atoms with Crippen molar-refractivity contribution < 1.29 is 24.2 Å². The number of phenolic OH excluding ortho intramolecular Hbond substituents is 1. The average Bonchev–Trinajstić information content (AvgIpc) is 3.08. The molecule has 9 heteroatoms. The van der Waals surface area contributed by atoms with Gasteiger partial charge in [-0.2, -0.15) is 0 Å². The van der Waals surface area contributed by atoms with Crippen molar-refractivity contribution in [3.05, 3.63) is 64.6 Å². The maximum atomic E-state index is 12.7. The summed E-state index contributed by atoms with van der Waals surface area (Å²) in [5.41, 5.74) is 1.63. The zero-order valence-electron chi connectivity index (χ0n) is 18.8. The number of ether oxygens (including phenoxy) is 1. The zero-order chi connectivity index (χ0) is 24.5. The van der Waals surface area contributed by atoms with Crippen molar-refractivity contribution in [2.24, 2.45) is 0 Å². The Morgan fingerprint density at radius 2 is 1.85 bits per heavy atom. The maximum Gasteiger partial charge on any atom is 0.338 e. The van der Waals surface area contributed by atoms with Gasteiger partial charge in [-0.3, -0.25) is 14.5 Å². The lowest BCUT2D eigenvalue weighted by atomic mass is 10.1. The van der Waals surface area contributed by atoms with E-state index in [-0.39, 0.29) is 17.6 Å². The minimum Gasteiger partial charge on any atom is -0.507 e. The van der Waals surface area contributed by atoms with Crippen molar-refractivity contribution >= 4 is 57.8 Å². The quantitative estimate of drug-likeness (QED) is 0.207. The Bertz CT molecular complexity index is 1100. The van der Waals surface area contributed by atoms with E-state index >= 15 is 0 Å². The predicted octanol–water partition coefficient (Wildman–Crippen LogP) is 4.97. The van der Waals surface area contributed by atoms with Crippen LogP contribution in [0.4, 0.5) is 5.69 Å². The van der Waals surface area contributed by atoms with Gasteiger partial charge in [-0.25, -0.2) is 4.79 Å². The summed E-state index contributed by atoms with van der Waals surface area (Å²) < 4.78 is 5.44. The highest BCUT2D eigenvalue weighted by Crippen LogP contribution is 2.34. The molecule has 34 heavy (non-hydrogen) atoms. The number of hydrogen-bond donors (Lipinski definition) is 2. The molecule has 7 nitrogen and oxygen atoms in total. The van der Waals surface area contributed by atoms with Gasteiger partial charge < -0.3 is 15.2 Å². The van der Waals surface area contributed by atoms with Crippen LogP contribution in [-0.4, -0.2) is 45.3 Å². The lowest BCUT2D eigenvalue weighted by molar-refractivity contribution is -0.122. The van der Waals surface area contributed by atoms with Crippen molar-refractivity contribution in [2.45, 2.75) is 32.6 Å². The Kier molecular flexibility index (Phi) is 9.24. The number of esters is 1. The molecule has 2 aromatic carbocycles. The molecule has 0 unspecified atom stereocenters. The summed E-state index contributed by atoms with van der Waals surface area (Å²) in [5, 5.41) is 12.7. The average molecular weight is 499 g/mol. The molecule has 1 aliphatic heterocycles. The number of amides is 2. The highest BCUT2D eigenvalue weighted by Gasteiger charge is 2.31. The molecule has 0 aromatic heterocycles. The van der Waals surface area contributed by atoms with E-state index in [2.05, 4.69) is 5.32 Å². The van der Waals surface area contributed by atoms with Gasteiger partial charge in [0.2, 0.25) is 5.91 Å². The van der Waals surface area contributed by atoms with Gasteiger partial charge in [0.1, 0.15) is 10.1 Å². The van der Waals surface area contributed by atoms with Crippen LogP contribution in [0.2, 0.25) is 0 Å². The summed E-state index contributed by atoms with van der Waals surface area (Å²) in [6.07, 6.45) is 4.17. The number of thiocarbonyl (C=S) groups is 1. The van der Waals surface area contributed by atoms with Gasteiger partial charge >= 0.3 is 5.97 Å².